The average Bonchev–Trinajstić information content (AvgIpc) is 2.40. The van der Waals surface area contributed by atoms with E-state index in [1.54, 1.807) is 0 Å². The van der Waals surface area contributed by atoms with Gasteiger partial charge in [-0.1, -0.05) is 42.0 Å². The minimum absolute atomic E-state index is 0.146. The van der Waals surface area contributed by atoms with Crippen molar-refractivity contribution in [2.75, 3.05) is 19.6 Å². The first kappa shape index (κ1) is 12.8. The first-order valence-corrected chi connectivity index (χ1v) is 6.31. The number of carbonyl (C=O) groups is 1. The molecule has 0 saturated heterocycles. The molecular formula is C15H19NO2. The lowest BCUT2D eigenvalue weighted by molar-refractivity contribution is -0.146. The van der Waals surface area contributed by atoms with Crippen LogP contribution in [0.5, 0.6) is 0 Å². The van der Waals surface area contributed by atoms with Crippen molar-refractivity contribution in [3.05, 3.63) is 47.5 Å². The Morgan fingerprint density at radius 1 is 1.33 bits per heavy atom. The topological polar surface area (TPSA) is 29.5 Å². The molecule has 3 nitrogen and oxygen atoms in total. The molecule has 2 rings (SSSR count). The lowest BCUT2D eigenvalue weighted by Crippen LogP contribution is -2.34. The predicted octanol–water partition coefficient (Wildman–Crippen LogP) is 2.38. The minimum atomic E-state index is -0.146. The van der Waals surface area contributed by atoms with Gasteiger partial charge in [-0.05, 0) is 18.9 Å². The van der Waals surface area contributed by atoms with Crippen LogP contribution in [0.1, 0.15) is 18.9 Å². The largest absolute Gasteiger partial charge is 0.460 e. The summed E-state index contributed by atoms with van der Waals surface area (Å²) < 4.78 is 5.26. The molecule has 1 aromatic rings. The third kappa shape index (κ3) is 4.00. The van der Waals surface area contributed by atoms with Gasteiger partial charge in [-0.3, -0.25) is 9.69 Å². The van der Waals surface area contributed by atoms with Gasteiger partial charge in [0.2, 0.25) is 0 Å². The second-order valence-electron chi connectivity index (χ2n) is 4.68. The molecule has 0 spiro atoms. The van der Waals surface area contributed by atoms with Gasteiger partial charge in [-0.2, -0.15) is 0 Å². The SMILES string of the molecule is CC1=CCN(CC(=O)OCc2ccccc2)CC1. The number of hydrogen-bond donors (Lipinski definition) is 0. The van der Waals surface area contributed by atoms with Crippen molar-refractivity contribution in [3.8, 4) is 0 Å². The second kappa shape index (κ2) is 6.36. The summed E-state index contributed by atoms with van der Waals surface area (Å²) >= 11 is 0. The third-order valence-corrected chi connectivity index (χ3v) is 3.12. The number of nitrogens with zero attached hydrogens (tertiary/aromatic N) is 1. The van der Waals surface area contributed by atoms with E-state index in [2.05, 4.69) is 17.9 Å². The monoisotopic (exact) mass is 245 g/mol. The van der Waals surface area contributed by atoms with Crippen molar-refractivity contribution in [3.63, 3.8) is 0 Å². The Morgan fingerprint density at radius 3 is 2.78 bits per heavy atom. The fourth-order valence-corrected chi connectivity index (χ4v) is 1.92. The molecule has 0 atom stereocenters. The molecule has 18 heavy (non-hydrogen) atoms. The highest BCUT2D eigenvalue weighted by molar-refractivity contribution is 5.71. The molecule has 0 aromatic heterocycles. The van der Waals surface area contributed by atoms with Crippen molar-refractivity contribution in [2.24, 2.45) is 0 Å². The van der Waals surface area contributed by atoms with Crippen LogP contribution in [0.3, 0.4) is 0 Å². The Labute approximate surface area is 108 Å². The molecule has 0 fully saturated rings. The Balaban J connectivity index is 1.73. The van der Waals surface area contributed by atoms with Crippen LogP contribution < -0.4 is 0 Å². The van der Waals surface area contributed by atoms with Crippen LogP contribution in [-0.2, 0) is 16.1 Å². The molecule has 0 N–H and O–H groups in total. The highest BCUT2D eigenvalue weighted by atomic mass is 16.5. The number of carbonyl (C=O) groups excluding carboxylic acids is 1. The Kier molecular flexibility index (Phi) is 4.53. The van der Waals surface area contributed by atoms with Crippen LogP contribution >= 0.6 is 0 Å². The highest BCUT2D eigenvalue weighted by Gasteiger charge is 2.13. The normalized spacial score (nSPS) is 16.2. The maximum Gasteiger partial charge on any atom is 0.320 e. The van der Waals surface area contributed by atoms with Gasteiger partial charge in [0.05, 0.1) is 6.54 Å². The van der Waals surface area contributed by atoms with Crippen LogP contribution in [0.25, 0.3) is 0 Å². The third-order valence-electron chi connectivity index (χ3n) is 3.12. The van der Waals surface area contributed by atoms with Crippen molar-refractivity contribution >= 4 is 5.97 Å². The van der Waals surface area contributed by atoms with Crippen LogP contribution in [0.2, 0.25) is 0 Å². The summed E-state index contributed by atoms with van der Waals surface area (Å²) in [4.78, 5) is 13.8. The molecule has 0 saturated carbocycles. The maximum absolute atomic E-state index is 11.7. The summed E-state index contributed by atoms with van der Waals surface area (Å²) in [6.45, 7) is 4.68. The van der Waals surface area contributed by atoms with Gasteiger partial charge < -0.3 is 4.74 Å². The van der Waals surface area contributed by atoms with E-state index in [0.717, 1.165) is 25.1 Å². The predicted molar refractivity (Wildman–Crippen MR) is 71.1 cm³/mol. The van der Waals surface area contributed by atoms with Crippen LogP contribution in [0.15, 0.2) is 42.0 Å². The summed E-state index contributed by atoms with van der Waals surface area (Å²) in [7, 11) is 0. The number of benzene rings is 1. The van der Waals surface area contributed by atoms with E-state index >= 15 is 0 Å². The van der Waals surface area contributed by atoms with E-state index in [0.29, 0.717) is 13.2 Å². The lowest BCUT2D eigenvalue weighted by atomic mass is 10.1. The molecule has 1 heterocycles. The quantitative estimate of drug-likeness (QED) is 0.602. The summed E-state index contributed by atoms with van der Waals surface area (Å²) in [5.41, 5.74) is 2.43. The van der Waals surface area contributed by atoms with E-state index in [1.165, 1.54) is 5.57 Å². The smallest absolute Gasteiger partial charge is 0.320 e. The molecule has 0 aliphatic carbocycles. The van der Waals surface area contributed by atoms with Crippen molar-refractivity contribution in [1.29, 1.82) is 0 Å². The molecule has 0 amide bonds. The summed E-state index contributed by atoms with van der Waals surface area (Å²) in [6, 6.07) is 9.76. The standard InChI is InChI=1S/C15H19NO2/c1-13-7-9-16(10-8-13)11-15(17)18-12-14-5-3-2-4-6-14/h2-7H,8-12H2,1H3. The molecule has 1 aliphatic heterocycles. The second-order valence-corrected chi connectivity index (χ2v) is 4.68. The Morgan fingerprint density at radius 2 is 2.11 bits per heavy atom. The van der Waals surface area contributed by atoms with E-state index < -0.39 is 0 Å². The molecule has 0 bridgehead atoms. The number of esters is 1. The number of hydrogen-bond acceptors (Lipinski definition) is 3. The lowest BCUT2D eigenvalue weighted by Gasteiger charge is -2.24. The molecule has 1 aromatic carbocycles. The Bertz CT molecular complexity index is 425. The van der Waals surface area contributed by atoms with Gasteiger partial charge in [0.25, 0.3) is 0 Å². The van der Waals surface area contributed by atoms with Gasteiger partial charge in [-0.25, -0.2) is 0 Å². The van der Waals surface area contributed by atoms with Crippen LogP contribution in [0, 0.1) is 0 Å². The van der Waals surface area contributed by atoms with Crippen LogP contribution in [-0.4, -0.2) is 30.5 Å². The van der Waals surface area contributed by atoms with E-state index in [4.69, 9.17) is 4.74 Å². The van der Waals surface area contributed by atoms with E-state index in [1.807, 2.05) is 30.3 Å². The Hall–Kier alpha value is -1.61. The fraction of sp³-hybridized carbons (Fsp3) is 0.400. The van der Waals surface area contributed by atoms with E-state index in [-0.39, 0.29) is 5.97 Å². The average molecular weight is 245 g/mol. The number of ether oxygens (including phenoxy) is 1. The highest BCUT2D eigenvalue weighted by Crippen LogP contribution is 2.09. The van der Waals surface area contributed by atoms with Crippen molar-refractivity contribution < 1.29 is 9.53 Å². The van der Waals surface area contributed by atoms with Crippen LogP contribution in [0.4, 0.5) is 0 Å². The zero-order chi connectivity index (χ0) is 12.8. The first-order valence-electron chi connectivity index (χ1n) is 6.31. The number of rotatable bonds is 4. The molecular weight excluding hydrogens is 226 g/mol. The minimum Gasteiger partial charge on any atom is -0.460 e. The summed E-state index contributed by atoms with van der Waals surface area (Å²) in [5.74, 6) is -0.146. The zero-order valence-corrected chi connectivity index (χ0v) is 10.8. The summed E-state index contributed by atoms with van der Waals surface area (Å²) in [6.07, 6.45) is 3.22. The van der Waals surface area contributed by atoms with Gasteiger partial charge in [-0.15, -0.1) is 0 Å². The molecule has 0 radical (unpaired) electrons. The fourth-order valence-electron chi connectivity index (χ4n) is 1.92. The molecule has 3 heteroatoms. The molecule has 96 valence electrons. The van der Waals surface area contributed by atoms with Gasteiger partial charge >= 0.3 is 5.97 Å². The maximum atomic E-state index is 11.7. The summed E-state index contributed by atoms with van der Waals surface area (Å²) in [5, 5.41) is 0. The molecule has 0 unspecified atom stereocenters. The van der Waals surface area contributed by atoms with Crippen molar-refractivity contribution in [1.82, 2.24) is 4.90 Å². The van der Waals surface area contributed by atoms with E-state index in [9.17, 15) is 4.79 Å². The molecule has 1 aliphatic rings. The van der Waals surface area contributed by atoms with Crippen molar-refractivity contribution in [2.45, 2.75) is 20.0 Å². The van der Waals surface area contributed by atoms with Gasteiger partial charge in [0.15, 0.2) is 0 Å². The zero-order valence-electron chi connectivity index (χ0n) is 10.8. The van der Waals surface area contributed by atoms with Gasteiger partial charge in [0, 0.05) is 13.1 Å². The van der Waals surface area contributed by atoms with Gasteiger partial charge in [0.1, 0.15) is 6.61 Å². The first-order chi connectivity index (χ1) is 8.74.